The number of aryl methyl sites for hydroxylation is 2. The molecule has 1 aliphatic rings. The number of ether oxygens (including phenoxy) is 1. The number of fused-ring (bicyclic) bond motifs is 2. The van der Waals surface area contributed by atoms with E-state index in [9.17, 15) is 8.42 Å². The van der Waals surface area contributed by atoms with Crippen molar-refractivity contribution in [1.82, 2.24) is 19.6 Å². The maximum Gasteiger partial charge on any atom is 0.392 e. The van der Waals surface area contributed by atoms with E-state index in [1.165, 1.54) is 31.3 Å². The second-order valence-electron chi connectivity index (χ2n) is 10.6. The van der Waals surface area contributed by atoms with Crippen LogP contribution in [0.2, 0.25) is 5.02 Å². The Morgan fingerprint density at radius 2 is 1.95 bits per heavy atom. The average Bonchev–Trinajstić information content (AvgIpc) is 3.42. The molecule has 42 heavy (non-hydrogen) atoms. The largest absolute Gasteiger partial charge is 0.392 e. The summed E-state index contributed by atoms with van der Waals surface area (Å²) in [6.45, 7) is 2.11. The van der Waals surface area contributed by atoms with Gasteiger partial charge < -0.3 is 4.74 Å². The molecule has 0 amide bonds. The van der Waals surface area contributed by atoms with Crippen LogP contribution in [0.15, 0.2) is 66.0 Å². The van der Waals surface area contributed by atoms with Gasteiger partial charge in [-0.05, 0) is 67.6 Å². The van der Waals surface area contributed by atoms with Crippen LogP contribution < -0.4 is 14.6 Å². The molecule has 218 valence electrons. The molecule has 2 N–H and O–H groups in total. The summed E-state index contributed by atoms with van der Waals surface area (Å²) in [7, 11) is -0.191. The van der Waals surface area contributed by atoms with Crippen molar-refractivity contribution in [3.05, 3.63) is 71.6 Å². The van der Waals surface area contributed by atoms with Crippen molar-refractivity contribution in [2.75, 3.05) is 17.1 Å². The molecule has 12 heteroatoms. The van der Waals surface area contributed by atoms with Crippen LogP contribution in [-0.4, -0.2) is 47.3 Å². The molecule has 0 aliphatic heterocycles. The van der Waals surface area contributed by atoms with Crippen LogP contribution in [0.3, 0.4) is 0 Å². The van der Waals surface area contributed by atoms with Gasteiger partial charge in [-0.3, -0.25) is 10.0 Å². The molecule has 1 fully saturated rings. The second kappa shape index (κ2) is 11.5. The van der Waals surface area contributed by atoms with E-state index in [-0.39, 0.29) is 27.9 Å². The Hall–Kier alpha value is -3.80. The Kier molecular flexibility index (Phi) is 7.73. The van der Waals surface area contributed by atoms with Gasteiger partial charge >= 0.3 is 5.95 Å². The molecule has 0 unspecified atom stereocenters. The lowest BCUT2D eigenvalue weighted by molar-refractivity contribution is -0.658. The third kappa shape index (κ3) is 5.28. The van der Waals surface area contributed by atoms with Gasteiger partial charge in [0.15, 0.2) is 11.3 Å². The standard InChI is InChI=1S/C30H32ClN7O3S/c1-4-19-15-20(16-21-17-37(2)30(35-28(19)21)34-23-10-6-7-11-26(23)41-3)24-13-14-25-29(32-18-33-38(24)25)36-42(39,40)27-12-8-5-9-22(27)31/h5,8-9,12-18,23,26H,4,6-7,10-11H2,1-3H3,(H,32,33,36)/p+1/t23-,26-/m0/s1. The predicted molar refractivity (Wildman–Crippen MR) is 163 cm³/mol. The fourth-order valence-electron chi connectivity index (χ4n) is 5.75. The number of aromatic nitrogens is 5. The summed E-state index contributed by atoms with van der Waals surface area (Å²) in [4.78, 5) is 9.26. The quantitative estimate of drug-likeness (QED) is 0.235. The first kappa shape index (κ1) is 28.3. The minimum absolute atomic E-state index is 0.0206. The highest BCUT2D eigenvalue weighted by Gasteiger charge is 2.30. The van der Waals surface area contributed by atoms with Gasteiger partial charge in [0.1, 0.15) is 22.8 Å². The lowest BCUT2D eigenvalue weighted by Crippen LogP contribution is -2.43. The van der Waals surface area contributed by atoms with Crippen molar-refractivity contribution < 1.29 is 17.7 Å². The number of benzene rings is 2. The highest BCUT2D eigenvalue weighted by Crippen LogP contribution is 2.31. The Morgan fingerprint density at radius 1 is 1.14 bits per heavy atom. The molecule has 2 aromatic carbocycles. The average molecular weight is 607 g/mol. The van der Waals surface area contributed by atoms with Gasteiger partial charge in [0, 0.05) is 18.1 Å². The van der Waals surface area contributed by atoms with E-state index in [0.717, 1.165) is 52.9 Å². The number of nitrogens with zero attached hydrogens (tertiary/aromatic N) is 5. The number of anilines is 2. The first-order valence-corrected chi connectivity index (χ1v) is 15.9. The van der Waals surface area contributed by atoms with Gasteiger partial charge in [-0.2, -0.15) is 5.10 Å². The molecule has 0 spiro atoms. The molecule has 2 atom stereocenters. The van der Waals surface area contributed by atoms with Gasteiger partial charge in [-0.15, -0.1) is 0 Å². The zero-order chi connectivity index (χ0) is 29.4. The van der Waals surface area contributed by atoms with E-state index < -0.39 is 10.0 Å². The van der Waals surface area contributed by atoms with E-state index in [1.807, 2.05) is 17.7 Å². The monoisotopic (exact) mass is 606 g/mol. The number of nitrogens with one attached hydrogen (secondary N) is 2. The van der Waals surface area contributed by atoms with E-state index >= 15 is 0 Å². The highest BCUT2D eigenvalue weighted by molar-refractivity contribution is 7.92. The van der Waals surface area contributed by atoms with E-state index in [4.69, 9.17) is 21.3 Å². The summed E-state index contributed by atoms with van der Waals surface area (Å²) in [5, 5.41) is 9.21. The Bertz CT molecular complexity index is 1890. The molecule has 5 aromatic rings. The number of hydrogen-bond acceptors (Lipinski definition) is 7. The van der Waals surface area contributed by atoms with Gasteiger partial charge in [0.25, 0.3) is 10.0 Å². The zero-order valence-corrected chi connectivity index (χ0v) is 25.3. The minimum atomic E-state index is -3.97. The van der Waals surface area contributed by atoms with Crippen LogP contribution in [0, 0.1) is 0 Å². The number of hydrogen-bond donors (Lipinski definition) is 2. The highest BCUT2D eigenvalue weighted by atomic mass is 35.5. The molecule has 0 saturated heterocycles. The smallest absolute Gasteiger partial charge is 0.378 e. The zero-order valence-electron chi connectivity index (χ0n) is 23.7. The van der Waals surface area contributed by atoms with Crippen LogP contribution in [0.4, 0.5) is 11.8 Å². The molecule has 3 heterocycles. The molecule has 1 aliphatic carbocycles. The number of rotatable bonds is 8. The Balaban J connectivity index is 1.37. The first-order chi connectivity index (χ1) is 20.3. The summed E-state index contributed by atoms with van der Waals surface area (Å²) < 4.78 is 38.2. The summed E-state index contributed by atoms with van der Waals surface area (Å²) in [6.07, 6.45) is 8.85. The Morgan fingerprint density at radius 3 is 2.74 bits per heavy atom. The van der Waals surface area contributed by atoms with Crippen LogP contribution in [-0.2, 0) is 28.2 Å². The third-order valence-electron chi connectivity index (χ3n) is 7.91. The van der Waals surface area contributed by atoms with Gasteiger partial charge in [-0.1, -0.05) is 42.1 Å². The lowest BCUT2D eigenvalue weighted by Gasteiger charge is -2.28. The number of methoxy groups -OCH3 is 1. The molecule has 10 nitrogen and oxygen atoms in total. The van der Waals surface area contributed by atoms with Crippen LogP contribution in [0.1, 0.15) is 38.2 Å². The summed E-state index contributed by atoms with van der Waals surface area (Å²) >= 11 is 6.16. The molecule has 0 radical (unpaired) electrons. The second-order valence-corrected chi connectivity index (χ2v) is 12.6. The molecule has 1 saturated carbocycles. The molecular formula is C30H33ClN7O3S+. The maximum absolute atomic E-state index is 13.1. The van der Waals surface area contributed by atoms with Crippen LogP contribution >= 0.6 is 11.6 Å². The first-order valence-electron chi connectivity index (χ1n) is 14.0. The number of halogens is 1. The van der Waals surface area contributed by atoms with E-state index in [0.29, 0.717) is 5.52 Å². The molecule has 3 aromatic heterocycles. The topological polar surface area (TPSA) is 114 Å². The van der Waals surface area contributed by atoms with Crippen molar-refractivity contribution in [2.24, 2.45) is 7.05 Å². The van der Waals surface area contributed by atoms with Crippen molar-refractivity contribution in [3.8, 4) is 11.3 Å². The third-order valence-corrected chi connectivity index (χ3v) is 9.75. The van der Waals surface area contributed by atoms with Crippen LogP contribution in [0.25, 0.3) is 27.7 Å². The molecule has 0 bridgehead atoms. The molecule has 6 rings (SSSR count). The molecular weight excluding hydrogens is 574 g/mol. The van der Waals surface area contributed by atoms with Crippen molar-refractivity contribution >= 4 is 49.8 Å². The van der Waals surface area contributed by atoms with Gasteiger partial charge in [-0.25, -0.2) is 22.5 Å². The number of sulfonamides is 1. The summed E-state index contributed by atoms with van der Waals surface area (Å²) in [5.74, 6) is 0.976. The predicted octanol–water partition coefficient (Wildman–Crippen LogP) is 5.16. The summed E-state index contributed by atoms with van der Waals surface area (Å²) in [5.41, 5.74) is 4.30. The van der Waals surface area contributed by atoms with Crippen molar-refractivity contribution in [1.29, 1.82) is 0 Å². The minimum Gasteiger partial charge on any atom is -0.378 e. The van der Waals surface area contributed by atoms with E-state index in [2.05, 4.69) is 45.4 Å². The SMILES string of the molecule is CCc1cc(-c2ccc3c(NS(=O)(=O)c4ccccc4Cl)ncnn23)cc2c[n+](C)c(N[C@H]3CCCC[C@@H]3OC)nc12. The Labute approximate surface area is 249 Å². The summed E-state index contributed by atoms with van der Waals surface area (Å²) in [6, 6.07) is 14.4. The van der Waals surface area contributed by atoms with Gasteiger partial charge in [0.05, 0.1) is 30.1 Å². The normalized spacial score (nSPS) is 17.5. The fraction of sp³-hybridized carbons (Fsp3) is 0.333. The van der Waals surface area contributed by atoms with Crippen molar-refractivity contribution in [3.63, 3.8) is 0 Å². The van der Waals surface area contributed by atoms with Crippen LogP contribution in [0.5, 0.6) is 0 Å². The lowest BCUT2D eigenvalue weighted by atomic mass is 9.92. The van der Waals surface area contributed by atoms with Gasteiger partial charge in [0.2, 0.25) is 0 Å². The maximum atomic E-state index is 13.1. The van der Waals surface area contributed by atoms with E-state index in [1.54, 1.807) is 29.8 Å². The fourth-order valence-corrected chi connectivity index (χ4v) is 7.29. The van der Waals surface area contributed by atoms with Crippen molar-refractivity contribution in [2.45, 2.75) is 56.1 Å².